The molecule has 4 N–H and O–H groups in total. The van der Waals surface area contributed by atoms with E-state index < -0.39 is 5.91 Å². The first-order valence-electron chi connectivity index (χ1n) is 6.86. The molecule has 1 aliphatic rings. The zero-order valence-electron chi connectivity index (χ0n) is 11.8. The van der Waals surface area contributed by atoms with Crippen LogP contribution in [0.5, 0.6) is 0 Å². The molecule has 1 heterocycles. The number of urea groups is 1. The third kappa shape index (κ3) is 3.49. The number of nitrogens with one attached hydrogen (secondary N) is 2. The van der Waals surface area contributed by atoms with Gasteiger partial charge in [0.05, 0.1) is 5.69 Å². The quantitative estimate of drug-likeness (QED) is 0.775. The molecule has 0 radical (unpaired) electrons. The molecule has 7 heteroatoms. The molecule has 2 rings (SSSR count). The second-order valence-corrected chi connectivity index (χ2v) is 5.50. The molecule has 1 aromatic rings. The SMILES string of the molecule is CC1CCCC(NC(=O)Nc2cn(C)nc2C(N)=O)C1. The maximum absolute atomic E-state index is 12.0. The molecule has 2 atom stereocenters. The Labute approximate surface area is 117 Å². The summed E-state index contributed by atoms with van der Waals surface area (Å²) in [5.41, 5.74) is 5.62. The van der Waals surface area contributed by atoms with Gasteiger partial charge in [-0.25, -0.2) is 4.79 Å². The molecule has 110 valence electrons. The highest BCUT2D eigenvalue weighted by molar-refractivity contribution is 6.01. The molecule has 1 aromatic heterocycles. The van der Waals surface area contributed by atoms with Crippen LogP contribution in [0.2, 0.25) is 0 Å². The Bertz CT molecular complexity index is 511. The van der Waals surface area contributed by atoms with Gasteiger partial charge >= 0.3 is 6.03 Å². The van der Waals surface area contributed by atoms with Crippen LogP contribution in [-0.2, 0) is 7.05 Å². The minimum atomic E-state index is -0.660. The lowest BCUT2D eigenvalue weighted by Crippen LogP contribution is -2.40. The first kappa shape index (κ1) is 14.4. The molecule has 2 unspecified atom stereocenters. The molecule has 3 amide bonds. The molecule has 0 spiro atoms. The molecular formula is C13H21N5O2. The van der Waals surface area contributed by atoms with Gasteiger partial charge in [0.2, 0.25) is 0 Å². The molecular weight excluding hydrogens is 258 g/mol. The van der Waals surface area contributed by atoms with E-state index in [0.29, 0.717) is 11.6 Å². The number of carbonyl (C=O) groups is 2. The Balaban J connectivity index is 1.96. The van der Waals surface area contributed by atoms with E-state index in [4.69, 9.17) is 5.73 Å². The number of nitrogens with zero attached hydrogens (tertiary/aromatic N) is 2. The third-order valence-electron chi connectivity index (χ3n) is 3.58. The van der Waals surface area contributed by atoms with Crippen molar-refractivity contribution in [1.82, 2.24) is 15.1 Å². The van der Waals surface area contributed by atoms with Gasteiger partial charge in [0.15, 0.2) is 5.69 Å². The summed E-state index contributed by atoms with van der Waals surface area (Å²) in [4.78, 5) is 23.2. The van der Waals surface area contributed by atoms with Crippen molar-refractivity contribution in [3.8, 4) is 0 Å². The fraction of sp³-hybridized carbons (Fsp3) is 0.615. The van der Waals surface area contributed by atoms with Crippen molar-refractivity contribution < 1.29 is 9.59 Å². The molecule has 0 bridgehead atoms. The number of hydrogen-bond acceptors (Lipinski definition) is 3. The summed E-state index contributed by atoms with van der Waals surface area (Å²) in [6.07, 6.45) is 5.89. The van der Waals surface area contributed by atoms with Crippen LogP contribution in [0.15, 0.2) is 6.20 Å². The Morgan fingerprint density at radius 1 is 1.45 bits per heavy atom. The number of primary amides is 1. The lowest BCUT2D eigenvalue weighted by Gasteiger charge is -2.27. The van der Waals surface area contributed by atoms with Crippen LogP contribution < -0.4 is 16.4 Å². The Morgan fingerprint density at radius 2 is 2.20 bits per heavy atom. The number of aromatic nitrogens is 2. The van der Waals surface area contributed by atoms with Crippen molar-refractivity contribution in [2.45, 2.75) is 38.6 Å². The molecule has 0 aliphatic heterocycles. The molecule has 7 nitrogen and oxygen atoms in total. The largest absolute Gasteiger partial charge is 0.364 e. The predicted octanol–water partition coefficient (Wildman–Crippen LogP) is 1.22. The minimum absolute atomic E-state index is 0.0691. The number of anilines is 1. The van der Waals surface area contributed by atoms with Crippen molar-refractivity contribution in [2.75, 3.05) is 5.32 Å². The van der Waals surface area contributed by atoms with E-state index >= 15 is 0 Å². The second-order valence-electron chi connectivity index (χ2n) is 5.50. The molecule has 0 saturated heterocycles. The van der Waals surface area contributed by atoms with Crippen LogP contribution in [0.1, 0.15) is 43.1 Å². The highest BCUT2D eigenvalue weighted by Crippen LogP contribution is 2.23. The molecule has 1 saturated carbocycles. The van der Waals surface area contributed by atoms with Crippen LogP contribution in [0, 0.1) is 5.92 Å². The molecule has 1 fully saturated rings. The van der Waals surface area contributed by atoms with E-state index in [1.54, 1.807) is 13.2 Å². The lowest BCUT2D eigenvalue weighted by molar-refractivity contribution is 0.0995. The lowest BCUT2D eigenvalue weighted by atomic mass is 9.87. The van der Waals surface area contributed by atoms with Crippen LogP contribution in [0.3, 0.4) is 0 Å². The van der Waals surface area contributed by atoms with Crippen molar-refractivity contribution >= 4 is 17.6 Å². The first-order valence-corrected chi connectivity index (χ1v) is 6.86. The summed E-state index contributed by atoms with van der Waals surface area (Å²) < 4.78 is 1.44. The summed E-state index contributed by atoms with van der Waals surface area (Å²) >= 11 is 0. The fourth-order valence-corrected chi connectivity index (χ4v) is 2.67. The minimum Gasteiger partial charge on any atom is -0.364 e. The van der Waals surface area contributed by atoms with E-state index in [1.807, 2.05) is 0 Å². The van der Waals surface area contributed by atoms with Crippen molar-refractivity contribution in [3.63, 3.8) is 0 Å². The Kier molecular flexibility index (Phi) is 4.26. The maximum Gasteiger partial charge on any atom is 0.319 e. The summed E-state index contributed by atoms with van der Waals surface area (Å²) in [5.74, 6) is -0.0270. The van der Waals surface area contributed by atoms with E-state index in [0.717, 1.165) is 19.3 Å². The molecule has 0 aromatic carbocycles. The maximum atomic E-state index is 12.0. The van der Waals surface area contributed by atoms with Crippen molar-refractivity contribution in [2.24, 2.45) is 18.7 Å². The van der Waals surface area contributed by atoms with Gasteiger partial charge in [-0.15, -0.1) is 0 Å². The highest BCUT2D eigenvalue weighted by Gasteiger charge is 2.21. The van der Waals surface area contributed by atoms with Gasteiger partial charge in [-0.1, -0.05) is 19.8 Å². The predicted molar refractivity (Wildman–Crippen MR) is 75.3 cm³/mol. The summed E-state index contributed by atoms with van der Waals surface area (Å²) in [7, 11) is 1.67. The Hall–Kier alpha value is -2.05. The number of rotatable bonds is 3. The van der Waals surface area contributed by atoms with Gasteiger partial charge in [-0.05, 0) is 18.8 Å². The normalized spacial score (nSPS) is 22.3. The fourth-order valence-electron chi connectivity index (χ4n) is 2.67. The number of nitrogens with two attached hydrogens (primary N) is 1. The van der Waals surface area contributed by atoms with E-state index in [-0.39, 0.29) is 17.8 Å². The van der Waals surface area contributed by atoms with Crippen molar-refractivity contribution in [3.05, 3.63) is 11.9 Å². The number of aryl methyl sites for hydroxylation is 1. The number of hydrogen-bond donors (Lipinski definition) is 3. The summed E-state index contributed by atoms with van der Waals surface area (Å²) in [6.45, 7) is 2.19. The van der Waals surface area contributed by atoms with Gasteiger partial charge in [0.1, 0.15) is 0 Å². The Morgan fingerprint density at radius 3 is 2.85 bits per heavy atom. The average Bonchev–Trinajstić information content (AvgIpc) is 2.70. The van der Waals surface area contributed by atoms with Crippen LogP contribution in [0.25, 0.3) is 0 Å². The third-order valence-corrected chi connectivity index (χ3v) is 3.58. The summed E-state index contributed by atoms with van der Waals surface area (Å²) in [6, 6.07) is -0.132. The molecule has 1 aliphatic carbocycles. The van der Waals surface area contributed by atoms with Gasteiger partial charge < -0.3 is 16.4 Å². The monoisotopic (exact) mass is 279 g/mol. The zero-order valence-corrected chi connectivity index (χ0v) is 11.8. The van der Waals surface area contributed by atoms with E-state index in [9.17, 15) is 9.59 Å². The van der Waals surface area contributed by atoms with Crippen LogP contribution in [0.4, 0.5) is 10.5 Å². The number of carbonyl (C=O) groups excluding carboxylic acids is 2. The average molecular weight is 279 g/mol. The van der Waals surface area contributed by atoms with Crippen LogP contribution in [-0.4, -0.2) is 27.8 Å². The second kappa shape index (κ2) is 5.94. The van der Waals surface area contributed by atoms with E-state index in [1.165, 1.54) is 11.1 Å². The first-order chi connectivity index (χ1) is 9.45. The van der Waals surface area contributed by atoms with Crippen molar-refractivity contribution in [1.29, 1.82) is 0 Å². The smallest absolute Gasteiger partial charge is 0.319 e. The highest BCUT2D eigenvalue weighted by atomic mass is 16.2. The standard InChI is InChI=1S/C13H21N5O2/c1-8-4-3-5-9(6-8)15-13(20)16-10-7-18(2)17-11(10)12(14)19/h7-9H,3-6H2,1-2H3,(H2,14,19)(H2,15,16,20). The van der Waals surface area contributed by atoms with Gasteiger partial charge in [-0.3, -0.25) is 9.48 Å². The summed E-state index contributed by atoms with van der Waals surface area (Å²) in [5, 5.41) is 9.50. The zero-order chi connectivity index (χ0) is 14.7. The number of amides is 3. The van der Waals surface area contributed by atoms with Gasteiger partial charge in [0, 0.05) is 19.3 Å². The van der Waals surface area contributed by atoms with Gasteiger partial charge in [-0.2, -0.15) is 5.10 Å². The van der Waals surface area contributed by atoms with Gasteiger partial charge in [0.25, 0.3) is 5.91 Å². The molecule has 20 heavy (non-hydrogen) atoms. The topological polar surface area (TPSA) is 102 Å². The van der Waals surface area contributed by atoms with E-state index in [2.05, 4.69) is 22.7 Å². The van der Waals surface area contributed by atoms with Crippen LogP contribution >= 0.6 is 0 Å².